The predicted molar refractivity (Wildman–Crippen MR) is 62.5 cm³/mol. The van der Waals surface area contributed by atoms with E-state index >= 15 is 0 Å². The van der Waals surface area contributed by atoms with Gasteiger partial charge in [-0.15, -0.1) is 0 Å². The van der Waals surface area contributed by atoms with Crippen LogP contribution in [0.5, 0.6) is 5.75 Å². The minimum Gasteiger partial charge on any atom is -0.494 e. The molecule has 1 atom stereocenters. The first-order valence-electron chi connectivity index (χ1n) is 5.50. The molecule has 90 valence electrons. The zero-order valence-corrected chi connectivity index (χ0v) is 9.30. The molecule has 4 nitrogen and oxygen atoms in total. The molecule has 0 saturated carbocycles. The quantitative estimate of drug-likeness (QED) is 0.560. The van der Waals surface area contributed by atoms with Gasteiger partial charge in [0.25, 0.3) is 0 Å². The molecule has 0 radical (unpaired) electrons. The SMILES string of the molecule is OC[C@@H](O)CNCCCOc1ccccc1. The second-order valence-electron chi connectivity index (χ2n) is 3.56. The molecule has 0 spiro atoms. The van der Waals surface area contributed by atoms with Crippen LogP contribution >= 0.6 is 0 Å². The monoisotopic (exact) mass is 225 g/mol. The molecule has 0 aromatic heterocycles. The predicted octanol–water partition coefficient (Wildman–Crippen LogP) is 0.398. The standard InChI is InChI=1S/C12H19NO3/c14-10-11(15)9-13-7-4-8-16-12-5-2-1-3-6-12/h1-3,5-6,11,13-15H,4,7-10H2/t11-/m0/s1. The van der Waals surface area contributed by atoms with Gasteiger partial charge in [-0.05, 0) is 25.1 Å². The Morgan fingerprint density at radius 2 is 2.00 bits per heavy atom. The van der Waals surface area contributed by atoms with Gasteiger partial charge in [-0.1, -0.05) is 18.2 Å². The smallest absolute Gasteiger partial charge is 0.119 e. The van der Waals surface area contributed by atoms with Crippen molar-refractivity contribution in [2.24, 2.45) is 0 Å². The zero-order valence-electron chi connectivity index (χ0n) is 9.30. The average molecular weight is 225 g/mol. The third-order valence-electron chi connectivity index (χ3n) is 2.10. The van der Waals surface area contributed by atoms with Gasteiger partial charge in [-0.2, -0.15) is 0 Å². The van der Waals surface area contributed by atoms with Crippen LogP contribution in [0.3, 0.4) is 0 Å². The van der Waals surface area contributed by atoms with Crippen molar-refractivity contribution in [3.05, 3.63) is 30.3 Å². The van der Waals surface area contributed by atoms with E-state index in [-0.39, 0.29) is 6.61 Å². The highest BCUT2D eigenvalue weighted by molar-refractivity contribution is 5.20. The number of hydrogen-bond donors (Lipinski definition) is 3. The van der Waals surface area contributed by atoms with E-state index in [0.29, 0.717) is 13.2 Å². The summed E-state index contributed by atoms with van der Waals surface area (Å²) in [6, 6.07) is 9.66. The molecule has 0 saturated heterocycles. The lowest BCUT2D eigenvalue weighted by Gasteiger charge is -2.09. The van der Waals surface area contributed by atoms with Gasteiger partial charge in [0, 0.05) is 6.54 Å². The summed E-state index contributed by atoms with van der Waals surface area (Å²) in [6.45, 7) is 1.63. The van der Waals surface area contributed by atoms with Gasteiger partial charge in [-0.3, -0.25) is 0 Å². The van der Waals surface area contributed by atoms with Crippen molar-refractivity contribution < 1.29 is 14.9 Å². The van der Waals surface area contributed by atoms with Crippen LogP contribution in [0.1, 0.15) is 6.42 Å². The Morgan fingerprint density at radius 3 is 2.69 bits per heavy atom. The molecule has 0 bridgehead atoms. The van der Waals surface area contributed by atoms with E-state index in [2.05, 4.69) is 5.32 Å². The van der Waals surface area contributed by atoms with Gasteiger partial charge >= 0.3 is 0 Å². The molecule has 0 unspecified atom stereocenters. The van der Waals surface area contributed by atoms with E-state index in [4.69, 9.17) is 14.9 Å². The summed E-state index contributed by atoms with van der Waals surface area (Å²) in [6.07, 6.45) is 0.197. The van der Waals surface area contributed by atoms with E-state index in [0.717, 1.165) is 18.7 Å². The van der Waals surface area contributed by atoms with E-state index in [1.165, 1.54) is 0 Å². The fourth-order valence-corrected chi connectivity index (χ4v) is 1.24. The van der Waals surface area contributed by atoms with Crippen molar-refractivity contribution in [2.45, 2.75) is 12.5 Å². The number of aliphatic hydroxyl groups is 2. The topological polar surface area (TPSA) is 61.7 Å². The lowest BCUT2D eigenvalue weighted by atomic mass is 10.3. The van der Waals surface area contributed by atoms with Crippen LogP contribution in [-0.2, 0) is 0 Å². The fraction of sp³-hybridized carbons (Fsp3) is 0.500. The lowest BCUT2D eigenvalue weighted by molar-refractivity contribution is 0.0942. The molecule has 4 heteroatoms. The summed E-state index contributed by atoms with van der Waals surface area (Å²) in [7, 11) is 0. The molecule has 1 aromatic carbocycles. The molecule has 0 amide bonds. The number of para-hydroxylation sites is 1. The Hall–Kier alpha value is -1.10. The lowest BCUT2D eigenvalue weighted by Crippen LogP contribution is -2.30. The number of aliphatic hydroxyl groups excluding tert-OH is 2. The van der Waals surface area contributed by atoms with Crippen molar-refractivity contribution in [1.82, 2.24) is 5.32 Å². The second-order valence-corrected chi connectivity index (χ2v) is 3.56. The van der Waals surface area contributed by atoms with Crippen LogP contribution in [0.25, 0.3) is 0 Å². The molecule has 0 aliphatic rings. The van der Waals surface area contributed by atoms with Crippen LogP contribution in [0, 0.1) is 0 Å². The van der Waals surface area contributed by atoms with Gasteiger partial charge in [0.2, 0.25) is 0 Å². The molecular weight excluding hydrogens is 206 g/mol. The van der Waals surface area contributed by atoms with Crippen molar-refractivity contribution >= 4 is 0 Å². The Kier molecular flexibility index (Phi) is 6.56. The van der Waals surface area contributed by atoms with Gasteiger partial charge < -0.3 is 20.3 Å². The molecule has 0 fully saturated rings. The second kappa shape index (κ2) is 8.10. The fourth-order valence-electron chi connectivity index (χ4n) is 1.24. The third-order valence-corrected chi connectivity index (χ3v) is 2.10. The molecule has 0 aliphatic carbocycles. The van der Waals surface area contributed by atoms with Crippen LogP contribution in [-0.4, -0.2) is 42.6 Å². The number of nitrogens with one attached hydrogen (secondary N) is 1. The number of hydrogen-bond acceptors (Lipinski definition) is 4. The summed E-state index contributed by atoms with van der Waals surface area (Å²) < 4.78 is 5.49. The molecule has 1 aromatic rings. The molecule has 16 heavy (non-hydrogen) atoms. The summed E-state index contributed by atoms with van der Waals surface area (Å²) >= 11 is 0. The summed E-state index contributed by atoms with van der Waals surface area (Å²) in [4.78, 5) is 0. The van der Waals surface area contributed by atoms with Crippen LogP contribution in [0.4, 0.5) is 0 Å². The highest BCUT2D eigenvalue weighted by Crippen LogP contribution is 2.07. The summed E-state index contributed by atoms with van der Waals surface area (Å²) in [5.41, 5.74) is 0. The van der Waals surface area contributed by atoms with Crippen molar-refractivity contribution in [2.75, 3.05) is 26.3 Å². The maximum absolute atomic E-state index is 9.05. The molecule has 0 heterocycles. The Balaban J connectivity index is 1.96. The van der Waals surface area contributed by atoms with E-state index < -0.39 is 6.10 Å². The first-order chi connectivity index (χ1) is 7.83. The summed E-state index contributed by atoms with van der Waals surface area (Å²) in [5.74, 6) is 0.873. The van der Waals surface area contributed by atoms with Gasteiger partial charge in [0.15, 0.2) is 0 Å². The molecule has 1 rings (SSSR count). The van der Waals surface area contributed by atoms with Gasteiger partial charge in [0.1, 0.15) is 5.75 Å². The van der Waals surface area contributed by atoms with Crippen molar-refractivity contribution in [3.8, 4) is 5.75 Å². The van der Waals surface area contributed by atoms with E-state index in [1.54, 1.807) is 0 Å². The Labute approximate surface area is 95.9 Å². The first-order valence-corrected chi connectivity index (χ1v) is 5.50. The number of benzene rings is 1. The van der Waals surface area contributed by atoms with Gasteiger partial charge in [0.05, 0.1) is 19.3 Å². The summed E-state index contributed by atoms with van der Waals surface area (Å²) in [5, 5.41) is 20.7. The van der Waals surface area contributed by atoms with Gasteiger partial charge in [-0.25, -0.2) is 0 Å². The average Bonchev–Trinajstić information content (AvgIpc) is 2.34. The molecular formula is C12H19NO3. The third kappa shape index (κ3) is 5.70. The van der Waals surface area contributed by atoms with E-state index in [1.807, 2.05) is 30.3 Å². The highest BCUT2D eigenvalue weighted by Gasteiger charge is 1.99. The normalized spacial score (nSPS) is 12.4. The minimum absolute atomic E-state index is 0.201. The zero-order chi connectivity index (χ0) is 11.6. The first kappa shape index (κ1) is 13.0. The Bertz CT molecular complexity index is 266. The van der Waals surface area contributed by atoms with Crippen LogP contribution < -0.4 is 10.1 Å². The van der Waals surface area contributed by atoms with Crippen molar-refractivity contribution in [1.29, 1.82) is 0 Å². The molecule has 0 aliphatic heterocycles. The van der Waals surface area contributed by atoms with Crippen LogP contribution in [0.15, 0.2) is 30.3 Å². The molecule has 3 N–H and O–H groups in total. The van der Waals surface area contributed by atoms with Crippen LogP contribution in [0.2, 0.25) is 0 Å². The maximum atomic E-state index is 9.05. The number of ether oxygens (including phenoxy) is 1. The Morgan fingerprint density at radius 1 is 1.25 bits per heavy atom. The van der Waals surface area contributed by atoms with Crippen molar-refractivity contribution in [3.63, 3.8) is 0 Å². The largest absolute Gasteiger partial charge is 0.494 e. The minimum atomic E-state index is -0.671. The number of rotatable bonds is 8. The van der Waals surface area contributed by atoms with E-state index in [9.17, 15) is 0 Å². The highest BCUT2D eigenvalue weighted by atomic mass is 16.5. The maximum Gasteiger partial charge on any atom is 0.119 e.